The maximum Gasteiger partial charge on any atom is 0.261 e. The minimum atomic E-state index is -3.67. The third kappa shape index (κ3) is 6.23. The first kappa shape index (κ1) is 23.2. The summed E-state index contributed by atoms with van der Waals surface area (Å²) in [5.74, 6) is 2.83. The summed E-state index contributed by atoms with van der Waals surface area (Å²) in [6.07, 6.45) is 5.15. The first-order valence-corrected chi connectivity index (χ1v) is 10.7. The van der Waals surface area contributed by atoms with Gasteiger partial charge in [-0.2, -0.15) is 8.42 Å². The van der Waals surface area contributed by atoms with Gasteiger partial charge >= 0.3 is 0 Å². The van der Waals surface area contributed by atoms with Gasteiger partial charge in [-0.1, -0.05) is 6.07 Å². The molecule has 1 aromatic heterocycles. The summed E-state index contributed by atoms with van der Waals surface area (Å²) >= 11 is 0. The Morgan fingerprint density at radius 2 is 1.37 bits per heavy atom. The zero-order valence-corrected chi connectivity index (χ0v) is 18.3. The molecule has 3 rings (SSSR count). The normalized spacial score (nSPS) is 10.7. The molecule has 1 heterocycles. The van der Waals surface area contributed by atoms with Crippen molar-refractivity contribution in [2.45, 2.75) is 6.42 Å². The van der Waals surface area contributed by atoms with Crippen LogP contribution >= 0.6 is 0 Å². The van der Waals surface area contributed by atoms with E-state index in [1.165, 1.54) is 0 Å². The second-order valence-corrected chi connectivity index (χ2v) is 7.79. The van der Waals surface area contributed by atoms with Crippen LogP contribution in [0.3, 0.4) is 0 Å². The van der Waals surface area contributed by atoms with Crippen LogP contribution in [0.4, 0.5) is 0 Å². The standard InChI is InChI=1S/C20H21NO4.CH4O3S/c1-22-17-6-5-13(8-18(17)23-2)7-14-11-21-12-15-9-19(24-3)20(25-4)10-16(14)15;1-5(2,3)4/h5-6,8-12H,7H2,1-4H3;1H3,(H,2,3,4). The second kappa shape index (κ2) is 10.1. The molecular weight excluding hydrogens is 410 g/mol. The summed E-state index contributed by atoms with van der Waals surface area (Å²) < 4.78 is 47.4. The van der Waals surface area contributed by atoms with Gasteiger partial charge in [0, 0.05) is 17.8 Å². The number of hydrogen-bond donors (Lipinski definition) is 1. The maximum absolute atomic E-state index is 9.19. The molecule has 0 amide bonds. The zero-order chi connectivity index (χ0) is 22.3. The fraction of sp³-hybridized carbons (Fsp3) is 0.286. The van der Waals surface area contributed by atoms with Crippen molar-refractivity contribution in [2.75, 3.05) is 34.7 Å². The number of methoxy groups -OCH3 is 4. The Hall–Kier alpha value is -3.04. The van der Waals surface area contributed by atoms with Crippen molar-refractivity contribution in [1.29, 1.82) is 0 Å². The lowest BCUT2D eigenvalue weighted by Gasteiger charge is -2.13. The predicted octanol–water partition coefficient (Wildman–Crippen LogP) is 3.36. The summed E-state index contributed by atoms with van der Waals surface area (Å²) in [5, 5.41) is 2.10. The Labute approximate surface area is 176 Å². The average Bonchev–Trinajstić information content (AvgIpc) is 2.71. The number of ether oxygens (including phenoxy) is 4. The van der Waals surface area contributed by atoms with E-state index in [9.17, 15) is 8.42 Å². The van der Waals surface area contributed by atoms with Crippen molar-refractivity contribution in [3.8, 4) is 23.0 Å². The van der Waals surface area contributed by atoms with Gasteiger partial charge in [0.05, 0.1) is 34.7 Å². The number of benzene rings is 2. The fourth-order valence-electron chi connectivity index (χ4n) is 2.91. The van der Waals surface area contributed by atoms with Gasteiger partial charge in [0.2, 0.25) is 0 Å². The largest absolute Gasteiger partial charge is 0.493 e. The summed E-state index contributed by atoms with van der Waals surface area (Å²) in [4.78, 5) is 4.36. The van der Waals surface area contributed by atoms with Crippen LogP contribution in [-0.4, -0.2) is 52.6 Å². The molecule has 0 spiro atoms. The minimum Gasteiger partial charge on any atom is -0.493 e. The third-order valence-electron chi connectivity index (χ3n) is 4.19. The molecule has 30 heavy (non-hydrogen) atoms. The Balaban J connectivity index is 0.000000575. The first-order chi connectivity index (χ1) is 14.2. The van der Waals surface area contributed by atoms with E-state index in [2.05, 4.69) is 4.98 Å². The molecule has 2 aromatic carbocycles. The second-order valence-electron chi connectivity index (χ2n) is 6.33. The van der Waals surface area contributed by atoms with Crippen molar-refractivity contribution in [1.82, 2.24) is 4.98 Å². The molecule has 0 aliphatic rings. The van der Waals surface area contributed by atoms with Crippen LogP contribution in [0.2, 0.25) is 0 Å². The van der Waals surface area contributed by atoms with Gasteiger partial charge < -0.3 is 18.9 Å². The Morgan fingerprint density at radius 1 is 0.833 bits per heavy atom. The molecule has 0 radical (unpaired) electrons. The lowest BCUT2D eigenvalue weighted by atomic mass is 10.00. The number of aromatic nitrogens is 1. The van der Waals surface area contributed by atoms with Crippen molar-refractivity contribution < 1.29 is 31.9 Å². The molecule has 8 nitrogen and oxygen atoms in total. The molecule has 0 saturated heterocycles. The number of pyridine rings is 1. The Morgan fingerprint density at radius 3 is 1.93 bits per heavy atom. The van der Waals surface area contributed by atoms with Crippen LogP contribution < -0.4 is 18.9 Å². The van der Waals surface area contributed by atoms with Gasteiger partial charge in [0.25, 0.3) is 10.1 Å². The number of rotatable bonds is 6. The van der Waals surface area contributed by atoms with E-state index >= 15 is 0 Å². The van der Waals surface area contributed by atoms with Crippen LogP contribution in [-0.2, 0) is 16.5 Å². The van der Waals surface area contributed by atoms with Crippen molar-refractivity contribution in [3.05, 3.63) is 53.9 Å². The molecular formula is C21H25NO7S. The lowest BCUT2D eigenvalue weighted by Crippen LogP contribution is -1.96. The maximum atomic E-state index is 9.19. The highest BCUT2D eigenvalue weighted by Crippen LogP contribution is 2.34. The minimum absolute atomic E-state index is 0.695. The van der Waals surface area contributed by atoms with Gasteiger partial charge in [-0.25, -0.2) is 0 Å². The van der Waals surface area contributed by atoms with E-state index in [0.717, 1.165) is 28.3 Å². The summed E-state index contributed by atoms with van der Waals surface area (Å²) in [5.41, 5.74) is 2.22. The van der Waals surface area contributed by atoms with E-state index in [-0.39, 0.29) is 0 Å². The molecule has 1 N–H and O–H groups in total. The molecule has 162 valence electrons. The highest BCUT2D eigenvalue weighted by Gasteiger charge is 2.11. The molecule has 0 atom stereocenters. The van der Waals surface area contributed by atoms with Gasteiger partial charge in [0.1, 0.15) is 0 Å². The van der Waals surface area contributed by atoms with Crippen molar-refractivity contribution >= 4 is 20.9 Å². The summed E-state index contributed by atoms with van der Waals surface area (Å²) in [6.45, 7) is 0. The number of nitrogens with zero attached hydrogens (tertiary/aromatic N) is 1. The SMILES string of the molecule is COc1ccc(Cc2cncc3cc(OC)c(OC)cc23)cc1OC.CS(=O)(=O)O. The van der Waals surface area contributed by atoms with Crippen LogP contribution in [0.15, 0.2) is 42.7 Å². The summed E-state index contributed by atoms with van der Waals surface area (Å²) in [7, 11) is 2.87. The van der Waals surface area contributed by atoms with E-state index < -0.39 is 10.1 Å². The topological polar surface area (TPSA) is 104 Å². The van der Waals surface area contributed by atoms with E-state index in [1.807, 2.05) is 42.7 Å². The Bertz CT molecular complexity index is 1110. The van der Waals surface area contributed by atoms with Crippen LogP contribution in [0.25, 0.3) is 10.8 Å². The number of hydrogen-bond acceptors (Lipinski definition) is 7. The van der Waals surface area contributed by atoms with Crippen molar-refractivity contribution in [2.24, 2.45) is 0 Å². The molecule has 0 saturated carbocycles. The van der Waals surface area contributed by atoms with E-state index in [1.54, 1.807) is 28.4 Å². The smallest absolute Gasteiger partial charge is 0.261 e. The molecule has 3 aromatic rings. The average molecular weight is 435 g/mol. The molecule has 0 unspecified atom stereocenters. The third-order valence-corrected chi connectivity index (χ3v) is 4.19. The monoisotopic (exact) mass is 435 g/mol. The zero-order valence-electron chi connectivity index (χ0n) is 17.5. The molecule has 0 aliphatic carbocycles. The lowest BCUT2D eigenvalue weighted by molar-refractivity contribution is 0.354. The Kier molecular flexibility index (Phi) is 7.85. The molecule has 9 heteroatoms. The van der Waals surface area contributed by atoms with Crippen LogP contribution in [0.5, 0.6) is 23.0 Å². The van der Waals surface area contributed by atoms with Gasteiger partial charge in [-0.15, -0.1) is 0 Å². The van der Waals surface area contributed by atoms with Crippen LogP contribution in [0.1, 0.15) is 11.1 Å². The molecule has 0 fully saturated rings. The van der Waals surface area contributed by atoms with Crippen LogP contribution in [0, 0.1) is 0 Å². The highest BCUT2D eigenvalue weighted by atomic mass is 32.2. The van der Waals surface area contributed by atoms with E-state index in [0.29, 0.717) is 29.3 Å². The quantitative estimate of drug-likeness (QED) is 0.588. The predicted molar refractivity (Wildman–Crippen MR) is 115 cm³/mol. The summed E-state index contributed by atoms with van der Waals surface area (Å²) in [6, 6.07) is 9.86. The first-order valence-electron chi connectivity index (χ1n) is 8.82. The number of fused-ring (bicyclic) bond motifs is 1. The van der Waals surface area contributed by atoms with Gasteiger partial charge in [-0.05, 0) is 47.2 Å². The van der Waals surface area contributed by atoms with E-state index in [4.69, 9.17) is 23.5 Å². The highest BCUT2D eigenvalue weighted by molar-refractivity contribution is 7.85. The molecule has 0 aliphatic heterocycles. The van der Waals surface area contributed by atoms with Gasteiger partial charge in [0.15, 0.2) is 23.0 Å². The fourth-order valence-corrected chi connectivity index (χ4v) is 2.91. The van der Waals surface area contributed by atoms with Gasteiger partial charge in [-0.3, -0.25) is 9.54 Å². The molecule has 0 bridgehead atoms. The van der Waals surface area contributed by atoms with Crippen molar-refractivity contribution in [3.63, 3.8) is 0 Å².